The van der Waals surface area contributed by atoms with Crippen LogP contribution in [0.5, 0.6) is 0 Å². The number of ether oxygens (including phenoxy) is 2. The Morgan fingerprint density at radius 1 is 1.11 bits per heavy atom. The Bertz CT molecular complexity index is 435. The second kappa shape index (κ2) is 4.58. The fourth-order valence-electron chi connectivity index (χ4n) is 3.87. The van der Waals surface area contributed by atoms with Crippen LogP contribution in [0.3, 0.4) is 0 Å². The van der Waals surface area contributed by atoms with Crippen LogP contribution >= 0.6 is 0 Å². The Morgan fingerprint density at radius 2 is 1.84 bits per heavy atom. The molecular weight excluding hydrogens is 238 g/mol. The van der Waals surface area contributed by atoms with Crippen molar-refractivity contribution in [3.05, 3.63) is 35.9 Å². The molecule has 0 aromatic heterocycles. The molecule has 3 atom stereocenters. The van der Waals surface area contributed by atoms with Crippen LogP contribution in [-0.2, 0) is 15.9 Å². The Hall–Kier alpha value is -0.900. The summed E-state index contributed by atoms with van der Waals surface area (Å²) in [6.07, 6.45) is 5.79. The maximum absolute atomic E-state index is 6.31. The topological polar surface area (TPSA) is 30.5 Å². The zero-order valence-electron chi connectivity index (χ0n) is 11.2. The SMILES string of the molecule is c1ccc(CC2COC3(CC4CCC(C3)N4)O2)cc1. The number of rotatable bonds is 2. The van der Waals surface area contributed by atoms with Crippen molar-refractivity contribution in [2.45, 2.75) is 56.1 Å². The first-order valence-corrected chi connectivity index (χ1v) is 7.43. The van der Waals surface area contributed by atoms with Crippen LogP contribution in [0.4, 0.5) is 0 Å². The van der Waals surface area contributed by atoms with Crippen LogP contribution in [0.25, 0.3) is 0 Å². The molecule has 3 heteroatoms. The molecule has 3 saturated heterocycles. The highest BCUT2D eigenvalue weighted by atomic mass is 16.7. The quantitative estimate of drug-likeness (QED) is 0.883. The van der Waals surface area contributed by atoms with Gasteiger partial charge in [-0.1, -0.05) is 30.3 Å². The molecule has 0 aliphatic carbocycles. The van der Waals surface area contributed by atoms with E-state index in [0.717, 1.165) is 25.9 Å². The van der Waals surface area contributed by atoms with Crippen molar-refractivity contribution in [2.24, 2.45) is 0 Å². The second-order valence-corrected chi connectivity index (χ2v) is 6.20. The smallest absolute Gasteiger partial charge is 0.171 e. The van der Waals surface area contributed by atoms with E-state index >= 15 is 0 Å². The third-order valence-electron chi connectivity index (χ3n) is 4.67. The summed E-state index contributed by atoms with van der Waals surface area (Å²) >= 11 is 0. The van der Waals surface area contributed by atoms with Crippen molar-refractivity contribution in [2.75, 3.05) is 6.61 Å². The number of benzene rings is 1. The zero-order valence-corrected chi connectivity index (χ0v) is 11.2. The first-order chi connectivity index (χ1) is 9.31. The molecule has 0 radical (unpaired) electrons. The van der Waals surface area contributed by atoms with Crippen LogP contribution in [-0.4, -0.2) is 30.6 Å². The van der Waals surface area contributed by atoms with E-state index < -0.39 is 0 Å². The fourth-order valence-corrected chi connectivity index (χ4v) is 3.87. The number of piperidine rings is 1. The van der Waals surface area contributed by atoms with Gasteiger partial charge >= 0.3 is 0 Å². The van der Waals surface area contributed by atoms with Gasteiger partial charge in [-0.2, -0.15) is 0 Å². The van der Waals surface area contributed by atoms with E-state index in [0.29, 0.717) is 12.1 Å². The summed E-state index contributed by atoms with van der Waals surface area (Å²) in [5.41, 5.74) is 1.34. The third kappa shape index (κ3) is 2.31. The highest BCUT2D eigenvalue weighted by Crippen LogP contribution is 2.41. The molecule has 1 aromatic carbocycles. The summed E-state index contributed by atoms with van der Waals surface area (Å²) in [6.45, 7) is 0.744. The normalized spacial score (nSPS) is 40.9. The lowest BCUT2D eigenvalue weighted by atomic mass is 9.98. The molecule has 1 aromatic rings. The van der Waals surface area contributed by atoms with Crippen molar-refractivity contribution in [1.29, 1.82) is 0 Å². The van der Waals surface area contributed by atoms with Gasteiger partial charge in [-0.3, -0.25) is 0 Å². The summed E-state index contributed by atoms with van der Waals surface area (Å²) in [7, 11) is 0. The molecule has 19 heavy (non-hydrogen) atoms. The molecule has 3 unspecified atom stereocenters. The minimum Gasteiger partial charge on any atom is -0.347 e. The molecule has 0 saturated carbocycles. The molecule has 3 nitrogen and oxygen atoms in total. The average Bonchev–Trinajstić information content (AvgIpc) is 2.95. The predicted octanol–water partition coefficient (Wildman–Crippen LogP) is 2.26. The fraction of sp³-hybridized carbons (Fsp3) is 0.625. The van der Waals surface area contributed by atoms with Crippen LogP contribution in [0, 0.1) is 0 Å². The van der Waals surface area contributed by atoms with Crippen LogP contribution in [0.2, 0.25) is 0 Å². The molecule has 4 rings (SSSR count). The molecule has 3 fully saturated rings. The maximum atomic E-state index is 6.31. The molecule has 102 valence electrons. The molecule has 3 heterocycles. The number of hydrogen-bond acceptors (Lipinski definition) is 3. The summed E-state index contributed by atoms with van der Waals surface area (Å²) in [5.74, 6) is -0.281. The first kappa shape index (κ1) is 11.9. The van der Waals surface area contributed by atoms with Crippen LogP contribution in [0.1, 0.15) is 31.2 Å². The van der Waals surface area contributed by atoms with Gasteiger partial charge in [0.25, 0.3) is 0 Å². The molecule has 2 bridgehead atoms. The van der Waals surface area contributed by atoms with Gasteiger partial charge < -0.3 is 14.8 Å². The van der Waals surface area contributed by atoms with Crippen molar-refractivity contribution >= 4 is 0 Å². The van der Waals surface area contributed by atoms with Gasteiger partial charge in [-0.25, -0.2) is 0 Å². The lowest BCUT2D eigenvalue weighted by Gasteiger charge is -2.36. The molecule has 1 spiro atoms. The minimum atomic E-state index is -0.281. The lowest BCUT2D eigenvalue weighted by molar-refractivity contribution is -0.191. The van der Waals surface area contributed by atoms with Gasteiger partial charge in [-0.05, 0) is 18.4 Å². The Balaban J connectivity index is 1.43. The Labute approximate surface area is 114 Å². The highest BCUT2D eigenvalue weighted by molar-refractivity contribution is 5.16. The first-order valence-electron chi connectivity index (χ1n) is 7.43. The Morgan fingerprint density at radius 3 is 2.58 bits per heavy atom. The van der Waals surface area contributed by atoms with Gasteiger partial charge in [0.2, 0.25) is 0 Å². The van der Waals surface area contributed by atoms with Gasteiger partial charge in [0.1, 0.15) is 0 Å². The number of fused-ring (bicyclic) bond motifs is 2. The average molecular weight is 259 g/mol. The Kier molecular flexibility index (Phi) is 2.87. The summed E-state index contributed by atoms with van der Waals surface area (Å²) in [6, 6.07) is 11.8. The van der Waals surface area contributed by atoms with E-state index in [9.17, 15) is 0 Å². The number of hydrogen-bond donors (Lipinski definition) is 1. The maximum Gasteiger partial charge on any atom is 0.171 e. The zero-order chi connectivity index (χ0) is 12.7. The summed E-state index contributed by atoms with van der Waals surface area (Å²) in [5, 5.41) is 3.65. The van der Waals surface area contributed by atoms with Crippen LogP contribution < -0.4 is 5.32 Å². The molecule has 0 amide bonds. The summed E-state index contributed by atoms with van der Waals surface area (Å²) in [4.78, 5) is 0. The highest BCUT2D eigenvalue weighted by Gasteiger charge is 2.49. The standard InChI is InChI=1S/C16H21NO2/c1-2-4-12(5-3-1)8-15-11-18-16(19-15)9-13-6-7-14(10-16)17-13/h1-5,13-15,17H,6-11H2. The predicted molar refractivity (Wildman–Crippen MR) is 72.9 cm³/mol. The molecule has 3 aliphatic rings. The molecule has 3 aliphatic heterocycles. The third-order valence-corrected chi connectivity index (χ3v) is 4.67. The lowest BCUT2D eigenvalue weighted by Crippen LogP contribution is -2.49. The monoisotopic (exact) mass is 259 g/mol. The van der Waals surface area contributed by atoms with Crippen molar-refractivity contribution < 1.29 is 9.47 Å². The second-order valence-electron chi connectivity index (χ2n) is 6.20. The van der Waals surface area contributed by atoms with E-state index in [1.165, 1.54) is 18.4 Å². The van der Waals surface area contributed by atoms with E-state index in [1.54, 1.807) is 0 Å². The van der Waals surface area contributed by atoms with E-state index in [4.69, 9.17) is 9.47 Å². The van der Waals surface area contributed by atoms with Crippen molar-refractivity contribution in [3.63, 3.8) is 0 Å². The van der Waals surface area contributed by atoms with Crippen LogP contribution in [0.15, 0.2) is 30.3 Å². The summed E-state index contributed by atoms with van der Waals surface area (Å²) < 4.78 is 12.4. The van der Waals surface area contributed by atoms with E-state index in [1.807, 2.05) is 0 Å². The van der Waals surface area contributed by atoms with Crippen molar-refractivity contribution in [3.8, 4) is 0 Å². The van der Waals surface area contributed by atoms with Gasteiger partial charge in [0, 0.05) is 31.3 Å². The molecular formula is C16H21NO2. The van der Waals surface area contributed by atoms with Crippen molar-refractivity contribution in [1.82, 2.24) is 5.32 Å². The van der Waals surface area contributed by atoms with E-state index in [2.05, 4.69) is 35.6 Å². The van der Waals surface area contributed by atoms with E-state index in [-0.39, 0.29) is 11.9 Å². The minimum absolute atomic E-state index is 0.222. The van der Waals surface area contributed by atoms with Gasteiger partial charge in [-0.15, -0.1) is 0 Å². The largest absolute Gasteiger partial charge is 0.347 e. The molecule has 1 N–H and O–H groups in total. The van der Waals surface area contributed by atoms with Gasteiger partial charge in [0.05, 0.1) is 12.7 Å². The number of nitrogens with one attached hydrogen (secondary N) is 1. The van der Waals surface area contributed by atoms with Gasteiger partial charge in [0.15, 0.2) is 5.79 Å².